The topological polar surface area (TPSA) is 47.4 Å². The van der Waals surface area contributed by atoms with E-state index < -0.39 is 0 Å². The molecule has 5 heteroatoms. The standard InChI is InChI=1S/C21H29N3O2/c1-3-4-12-23-14-11-22-21(23)18-6-5-13-24(16-18)20(25)15-17-7-9-19(26-2)10-8-17/h7-11,14,18H,3-6,12-13,15-16H2,1-2H3/t18-/m1/s1. The number of rotatable bonds is 7. The first-order valence-electron chi connectivity index (χ1n) is 9.63. The highest BCUT2D eigenvalue weighted by Gasteiger charge is 2.27. The van der Waals surface area contributed by atoms with E-state index >= 15 is 0 Å². The average molecular weight is 355 g/mol. The summed E-state index contributed by atoms with van der Waals surface area (Å²) in [5, 5.41) is 0. The van der Waals surface area contributed by atoms with E-state index in [1.807, 2.05) is 35.4 Å². The number of hydrogen-bond donors (Lipinski definition) is 0. The van der Waals surface area contributed by atoms with Crippen LogP contribution in [-0.4, -0.2) is 40.6 Å². The second kappa shape index (κ2) is 8.88. The van der Waals surface area contributed by atoms with Crippen LogP contribution >= 0.6 is 0 Å². The van der Waals surface area contributed by atoms with Crippen LogP contribution in [0, 0.1) is 0 Å². The number of methoxy groups -OCH3 is 1. The Bertz CT molecular complexity index is 708. The first-order valence-corrected chi connectivity index (χ1v) is 9.63. The van der Waals surface area contributed by atoms with E-state index in [4.69, 9.17) is 4.74 Å². The molecule has 1 aliphatic heterocycles. The van der Waals surface area contributed by atoms with Gasteiger partial charge in [-0.2, -0.15) is 0 Å². The minimum atomic E-state index is 0.200. The first-order chi connectivity index (χ1) is 12.7. The van der Waals surface area contributed by atoms with Crippen molar-refractivity contribution in [3.8, 4) is 5.75 Å². The van der Waals surface area contributed by atoms with Crippen molar-refractivity contribution < 1.29 is 9.53 Å². The Labute approximate surface area is 156 Å². The third kappa shape index (κ3) is 4.45. The summed E-state index contributed by atoms with van der Waals surface area (Å²) < 4.78 is 7.45. The van der Waals surface area contributed by atoms with Gasteiger partial charge in [-0.25, -0.2) is 4.98 Å². The fourth-order valence-corrected chi connectivity index (χ4v) is 3.64. The molecule has 0 bridgehead atoms. The number of ether oxygens (including phenoxy) is 1. The molecule has 1 atom stereocenters. The third-order valence-corrected chi connectivity index (χ3v) is 5.15. The number of carbonyl (C=O) groups excluding carboxylic acids is 1. The SMILES string of the molecule is CCCCn1ccnc1[C@@H]1CCCN(C(=O)Cc2ccc(OC)cc2)C1. The van der Waals surface area contributed by atoms with Crippen molar-refractivity contribution in [2.75, 3.05) is 20.2 Å². The van der Waals surface area contributed by atoms with Crippen molar-refractivity contribution in [2.24, 2.45) is 0 Å². The maximum absolute atomic E-state index is 12.8. The molecular formula is C21H29N3O2. The molecule has 1 aliphatic rings. The van der Waals surface area contributed by atoms with E-state index in [-0.39, 0.29) is 5.91 Å². The predicted octanol–water partition coefficient (Wildman–Crippen LogP) is 3.64. The van der Waals surface area contributed by atoms with Crippen LogP contribution in [0.3, 0.4) is 0 Å². The number of nitrogens with zero attached hydrogens (tertiary/aromatic N) is 3. The van der Waals surface area contributed by atoms with Gasteiger partial charge in [-0.15, -0.1) is 0 Å². The molecule has 0 spiro atoms. The van der Waals surface area contributed by atoms with Crippen LogP contribution in [0.5, 0.6) is 5.75 Å². The van der Waals surface area contributed by atoms with E-state index in [1.54, 1.807) is 7.11 Å². The van der Waals surface area contributed by atoms with Gasteiger partial charge in [-0.3, -0.25) is 4.79 Å². The third-order valence-electron chi connectivity index (χ3n) is 5.15. The Hall–Kier alpha value is -2.30. The highest BCUT2D eigenvalue weighted by molar-refractivity contribution is 5.79. The Kier molecular flexibility index (Phi) is 6.31. The van der Waals surface area contributed by atoms with Crippen molar-refractivity contribution in [1.29, 1.82) is 0 Å². The minimum absolute atomic E-state index is 0.200. The number of aromatic nitrogens is 2. The Balaban J connectivity index is 1.62. The zero-order valence-electron chi connectivity index (χ0n) is 15.9. The molecule has 1 amide bonds. The quantitative estimate of drug-likeness (QED) is 0.762. The monoisotopic (exact) mass is 355 g/mol. The van der Waals surface area contributed by atoms with Crippen molar-refractivity contribution in [2.45, 2.75) is 51.5 Å². The summed E-state index contributed by atoms with van der Waals surface area (Å²) in [5.74, 6) is 2.50. The van der Waals surface area contributed by atoms with E-state index in [0.29, 0.717) is 12.3 Å². The largest absolute Gasteiger partial charge is 0.497 e. The average Bonchev–Trinajstić information content (AvgIpc) is 3.15. The van der Waals surface area contributed by atoms with Crippen LogP contribution in [0.1, 0.15) is 49.9 Å². The van der Waals surface area contributed by atoms with Gasteiger partial charge in [-0.1, -0.05) is 25.5 Å². The van der Waals surface area contributed by atoms with Crippen LogP contribution < -0.4 is 4.74 Å². The summed E-state index contributed by atoms with van der Waals surface area (Å²) >= 11 is 0. The molecule has 3 rings (SSSR count). The van der Waals surface area contributed by atoms with Crippen LogP contribution in [0.25, 0.3) is 0 Å². The van der Waals surface area contributed by atoms with Crippen LogP contribution in [0.4, 0.5) is 0 Å². The summed E-state index contributed by atoms with van der Waals surface area (Å²) in [5.41, 5.74) is 1.03. The molecule has 0 unspecified atom stereocenters. The molecule has 0 N–H and O–H groups in total. The van der Waals surface area contributed by atoms with E-state index in [2.05, 4.69) is 22.7 Å². The molecule has 1 aromatic carbocycles. The zero-order valence-corrected chi connectivity index (χ0v) is 15.9. The zero-order chi connectivity index (χ0) is 18.4. The maximum Gasteiger partial charge on any atom is 0.227 e. The number of imidazole rings is 1. The molecule has 1 fully saturated rings. The van der Waals surface area contributed by atoms with Gasteiger partial charge in [0.05, 0.1) is 13.5 Å². The van der Waals surface area contributed by atoms with E-state index in [9.17, 15) is 4.79 Å². The van der Waals surface area contributed by atoms with Gasteiger partial charge < -0.3 is 14.2 Å². The van der Waals surface area contributed by atoms with Crippen LogP contribution in [-0.2, 0) is 17.8 Å². The maximum atomic E-state index is 12.8. The number of likely N-dealkylation sites (tertiary alicyclic amines) is 1. The molecule has 1 aromatic heterocycles. The first kappa shape index (κ1) is 18.5. The lowest BCUT2D eigenvalue weighted by molar-refractivity contribution is -0.131. The van der Waals surface area contributed by atoms with Gasteiger partial charge in [-0.05, 0) is 37.0 Å². The number of aryl methyl sites for hydroxylation is 1. The summed E-state index contributed by atoms with van der Waals surface area (Å²) in [6.45, 7) is 4.85. The van der Waals surface area contributed by atoms with E-state index in [0.717, 1.165) is 56.0 Å². The lowest BCUT2D eigenvalue weighted by Crippen LogP contribution is -2.40. The predicted molar refractivity (Wildman–Crippen MR) is 102 cm³/mol. The fraction of sp³-hybridized carbons (Fsp3) is 0.524. The van der Waals surface area contributed by atoms with Crippen molar-refractivity contribution in [3.63, 3.8) is 0 Å². The molecule has 0 saturated carbocycles. The lowest BCUT2D eigenvalue weighted by Gasteiger charge is -2.33. The number of amides is 1. The second-order valence-electron chi connectivity index (χ2n) is 7.04. The van der Waals surface area contributed by atoms with Crippen molar-refractivity contribution in [1.82, 2.24) is 14.5 Å². The number of piperidine rings is 1. The molecule has 2 aromatic rings. The van der Waals surface area contributed by atoms with E-state index in [1.165, 1.54) is 6.42 Å². The van der Waals surface area contributed by atoms with Gasteiger partial charge in [0.2, 0.25) is 5.91 Å². The van der Waals surface area contributed by atoms with Gasteiger partial charge in [0.25, 0.3) is 0 Å². The van der Waals surface area contributed by atoms with Crippen LogP contribution in [0.2, 0.25) is 0 Å². The lowest BCUT2D eigenvalue weighted by atomic mass is 9.96. The molecular weight excluding hydrogens is 326 g/mol. The summed E-state index contributed by atoms with van der Waals surface area (Å²) in [7, 11) is 1.65. The summed E-state index contributed by atoms with van der Waals surface area (Å²) in [6.07, 6.45) is 8.90. The van der Waals surface area contributed by atoms with Gasteiger partial charge >= 0.3 is 0 Å². The van der Waals surface area contributed by atoms with Crippen molar-refractivity contribution >= 4 is 5.91 Å². The summed E-state index contributed by atoms with van der Waals surface area (Å²) in [6, 6.07) is 7.75. The molecule has 26 heavy (non-hydrogen) atoms. The molecule has 1 saturated heterocycles. The number of unbranched alkanes of at least 4 members (excludes halogenated alkanes) is 1. The smallest absolute Gasteiger partial charge is 0.227 e. The molecule has 5 nitrogen and oxygen atoms in total. The van der Waals surface area contributed by atoms with Crippen molar-refractivity contribution in [3.05, 3.63) is 48.0 Å². The molecule has 2 heterocycles. The van der Waals surface area contributed by atoms with Gasteiger partial charge in [0.15, 0.2) is 0 Å². The fourth-order valence-electron chi connectivity index (χ4n) is 3.64. The van der Waals surface area contributed by atoms with Gasteiger partial charge in [0.1, 0.15) is 11.6 Å². The Morgan fingerprint density at radius 1 is 1.31 bits per heavy atom. The number of benzene rings is 1. The number of carbonyl (C=O) groups is 1. The highest BCUT2D eigenvalue weighted by atomic mass is 16.5. The normalized spacial score (nSPS) is 17.3. The molecule has 140 valence electrons. The molecule has 0 radical (unpaired) electrons. The van der Waals surface area contributed by atoms with Crippen LogP contribution in [0.15, 0.2) is 36.7 Å². The minimum Gasteiger partial charge on any atom is -0.497 e. The molecule has 0 aliphatic carbocycles. The van der Waals surface area contributed by atoms with Gasteiger partial charge in [0, 0.05) is 37.9 Å². The Morgan fingerprint density at radius 2 is 2.12 bits per heavy atom. The Morgan fingerprint density at radius 3 is 2.85 bits per heavy atom. The second-order valence-corrected chi connectivity index (χ2v) is 7.04. The number of hydrogen-bond acceptors (Lipinski definition) is 3. The summed E-state index contributed by atoms with van der Waals surface area (Å²) in [4.78, 5) is 19.4. The highest BCUT2D eigenvalue weighted by Crippen LogP contribution is 2.26.